The third-order valence-corrected chi connectivity index (χ3v) is 3.02. The lowest BCUT2D eigenvalue weighted by atomic mass is 10.2. The summed E-state index contributed by atoms with van der Waals surface area (Å²) in [5.74, 6) is 0. The highest BCUT2D eigenvalue weighted by molar-refractivity contribution is 7.47. The van der Waals surface area contributed by atoms with E-state index >= 15 is 0 Å². The first-order valence-electron chi connectivity index (χ1n) is 5.74. The van der Waals surface area contributed by atoms with Crippen LogP contribution in [0, 0.1) is 0 Å². The van der Waals surface area contributed by atoms with Crippen LogP contribution in [0.15, 0.2) is 0 Å². The Hall–Kier alpha value is 0.0700. The van der Waals surface area contributed by atoms with Crippen molar-refractivity contribution in [3.8, 4) is 0 Å². The van der Waals surface area contributed by atoms with Crippen molar-refractivity contribution in [3.63, 3.8) is 0 Å². The Balaban J connectivity index is 0. The van der Waals surface area contributed by atoms with Crippen molar-refractivity contribution in [2.24, 2.45) is 0 Å². The molecule has 0 saturated heterocycles. The van der Waals surface area contributed by atoms with E-state index in [4.69, 9.17) is 9.05 Å². The normalized spacial score (nSPS) is 14.2. The molecule has 5 nitrogen and oxygen atoms in total. The predicted octanol–water partition coefficient (Wildman–Crippen LogP) is 3.66. The Kier molecular flexibility index (Phi) is 13.3. The molecule has 4 N–H and O–H groups in total. The molecule has 100 valence electrons. The summed E-state index contributed by atoms with van der Waals surface area (Å²) >= 11 is 0. The summed E-state index contributed by atoms with van der Waals surface area (Å²) in [7, 11) is -3.77. The van der Waals surface area contributed by atoms with Crippen LogP contribution in [0.25, 0.3) is 0 Å². The van der Waals surface area contributed by atoms with Crippen molar-refractivity contribution in [1.29, 1.82) is 0 Å². The van der Waals surface area contributed by atoms with Gasteiger partial charge in [0.1, 0.15) is 0 Å². The molecule has 0 saturated carbocycles. The first-order valence-corrected chi connectivity index (χ1v) is 7.23. The number of rotatable bonds is 10. The average molecular weight is 255 g/mol. The molecule has 0 aliphatic carbocycles. The molecule has 0 aliphatic rings. The van der Waals surface area contributed by atoms with Crippen molar-refractivity contribution in [1.82, 2.24) is 6.15 Å². The molecule has 0 aromatic heterocycles. The van der Waals surface area contributed by atoms with E-state index in [1.165, 1.54) is 0 Å². The van der Waals surface area contributed by atoms with E-state index in [1.807, 2.05) is 6.92 Å². The van der Waals surface area contributed by atoms with E-state index < -0.39 is 7.82 Å². The lowest BCUT2D eigenvalue weighted by Gasteiger charge is -2.11. The molecule has 0 aromatic rings. The molecule has 1 atom stereocenters. The third-order valence-electron chi connectivity index (χ3n) is 2.00. The fourth-order valence-electron chi connectivity index (χ4n) is 1.07. The van der Waals surface area contributed by atoms with Crippen molar-refractivity contribution in [2.45, 2.75) is 52.4 Å². The van der Waals surface area contributed by atoms with Gasteiger partial charge in [-0.2, -0.15) is 0 Å². The second kappa shape index (κ2) is 11.6. The molecule has 0 radical (unpaired) electrons. The number of unbranched alkanes of at least 4 members (excludes halogenated alkanes) is 4. The molecule has 1 unspecified atom stereocenters. The predicted molar refractivity (Wildman–Crippen MR) is 65.8 cm³/mol. The second-order valence-electron chi connectivity index (χ2n) is 3.55. The monoisotopic (exact) mass is 255 g/mol. The highest BCUT2D eigenvalue weighted by atomic mass is 31.2. The summed E-state index contributed by atoms with van der Waals surface area (Å²) in [5.41, 5.74) is 0. The fourth-order valence-corrected chi connectivity index (χ4v) is 1.86. The van der Waals surface area contributed by atoms with Gasteiger partial charge in [-0.25, -0.2) is 4.57 Å². The van der Waals surface area contributed by atoms with Crippen molar-refractivity contribution < 1.29 is 18.5 Å². The minimum absolute atomic E-state index is 0. The van der Waals surface area contributed by atoms with Crippen LogP contribution in [0.4, 0.5) is 0 Å². The van der Waals surface area contributed by atoms with Crippen LogP contribution >= 0.6 is 7.82 Å². The summed E-state index contributed by atoms with van der Waals surface area (Å²) in [5, 5.41) is 0. The van der Waals surface area contributed by atoms with Gasteiger partial charge in [0.05, 0.1) is 13.2 Å². The third kappa shape index (κ3) is 12.1. The van der Waals surface area contributed by atoms with E-state index in [0.29, 0.717) is 13.2 Å². The molecular weight excluding hydrogens is 229 g/mol. The zero-order chi connectivity index (χ0) is 11.6. The molecular formula is C10H26NO4P. The SMILES string of the molecule is CCCCCCOP(=O)(O)OCCCC.N. The van der Waals surface area contributed by atoms with Gasteiger partial charge in [-0.3, -0.25) is 9.05 Å². The first kappa shape index (κ1) is 18.4. The quantitative estimate of drug-likeness (QED) is 0.459. The zero-order valence-electron chi connectivity index (χ0n) is 10.5. The topological polar surface area (TPSA) is 90.8 Å². The Bertz CT molecular complexity index is 190. The van der Waals surface area contributed by atoms with Gasteiger partial charge < -0.3 is 11.0 Å². The fraction of sp³-hybridized carbons (Fsp3) is 1.00. The smallest absolute Gasteiger partial charge is 0.344 e. The Labute approximate surface area is 98.7 Å². The first-order chi connectivity index (χ1) is 7.12. The van der Waals surface area contributed by atoms with E-state index in [1.54, 1.807) is 0 Å². The molecule has 0 aromatic carbocycles. The molecule has 6 heteroatoms. The summed E-state index contributed by atoms with van der Waals surface area (Å²) < 4.78 is 20.8. The molecule has 0 bridgehead atoms. The number of phosphoric acid groups is 1. The highest BCUT2D eigenvalue weighted by Gasteiger charge is 2.19. The van der Waals surface area contributed by atoms with Gasteiger partial charge in [-0.05, 0) is 12.8 Å². The number of hydrogen-bond donors (Lipinski definition) is 2. The van der Waals surface area contributed by atoms with Crippen LogP contribution in [0.1, 0.15) is 52.4 Å². The van der Waals surface area contributed by atoms with Gasteiger partial charge in [0.15, 0.2) is 0 Å². The maximum atomic E-state index is 11.2. The van der Waals surface area contributed by atoms with Crippen LogP contribution < -0.4 is 6.15 Å². The van der Waals surface area contributed by atoms with Crippen LogP contribution in [-0.2, 0) is 13.6 Å². The highest BCUT2D eigenvalue weighted by Crippen LogP contribution is 2.43. The Morgan fingerprint density at radius 1 is 0.938 bits per heavy atom. The Morgan fingerprint density at radius 2 is 1.44 bits per heavy atom. The van der Waals surface area contributed by atoms with E-state index in [-0.39, 0.29) is 6.15 Å². The van der Waals surface area contributed by atoms with Gasteiger partial charge in [0.2, 0.25) is 0 Å². The van der Waals surface area contributed by atoms with Crippen molar-refractivity contribution in [2.75, 3.05) is 13.2 Å². The minimum atomic E-state index is -3.77. The second-order valence-corrected chi connectivity index (χ2v) is 5.00. The number of phosphoric ester groups is 1. The molecule has 0 rings (SSSR count). The van der Waals surface area contributed by atoms with Gasteiger partial charge >= 0.3 is 7.82 Å². The van der Waals surface area contributed by atoms with E-state index in [9.17, 15) is 9.46 Å². The van der Waals surface area contributed by atoms with Crippen LogP contribution in [0.3, 0.4) is 0 Å². The summed E-state index contributed by atoms with van der Waals surface area (Å²) in [6.07, 6.45) is 5.85. The molecule has 0 aliphatic heterocycles. The summed E-state index contributed by atoms with van der Waals surface area (Å²) in [4.78, 5) is 9.21. The van der Waals surface area contributed by atoms with Crippen molar-refractivity contribution in [3.05, 3.63) is 0 Å². The van der Waals surface area contributed by atoms with Gasteiger partial charge in [-0.1, -0.05) is 39.5 Å². The minimum Gasteiger partial charge on any atom is -0.344 e. The van der Waals surface area contributed by atoms with E-state index in [2.05, 4.69) is 6.92 Å². The van der Waals surface area contributed by atoms with E-state index in [0.717, 1.165) is 38.5 Å². The lowest BCUT2D eigenvalue weighted by molar-refractivity contribution is 0.146. The van der Waals surface area contributed by atoms with Crippen LogP contribution in [0.2, 0.25) is 0 Å². The van der Waals surface area contributed by atoms with Gasteiger partial charge in [-0.15, -0.1) is 0 Å². The molecule has 0 spiro atoms. The molecule has 0 amide bonds. The van der Waals surface area contributed by atoms with Gasteiger partial charge in [0, 0.05) is 0 Å². The van der Waals surface area contributed by atoms with Crippen LogP contribution in [-0.4, -0.2) is 18.1 Å². The molecule has 0 heterocycles. The summed E-state index contributed by atoms with van der Waals surface area (Å²) in [6, 6.07) is 0. The van der Waals surface area contributed by atoms with Crippen molar-refractivity contribution >= 4 is 7.82 Å². The maximum Gasteiger partial charge on any atom is 0.472 e. The largest absolute Gasteiger partial charge is 0.472 e. The Morgan fingerprint density at radius 3 is 1.94 bits per heavy atom. The molecule has 16 heavy (non-hydrogen) atoms. The van der Waals surface area contributed by atoms with Crippen LogP contribution in [0.5, 0.6) is 0 Å². The standard InChI is InChI=1S/C10H23O4P.H3N/c1-3-5-7-8-10-14-15(11,12)13-9-6-4-2;/h3-10H2,1-2H3,(H,11,12);1H3. The zero-order valence-corrected chi connectivity index (χ0v) is 11.4. The lowest BCUT2D eigenvalue weighted by Crippen LogP contribution is -1.98. The number of hydrogen-bond acceptors (Lipinski definition) is 4. The average Bonchev–Trinajstić information content (AvgIpc) is 2.17. The maximum absolute atomic E-state index is 11.2. The molecule has 0 fully saturated rings. The summed E-state index contributed by atoms with van der Waals surface area (Å²) in [6.45, 7) is 4.71. The van der Waals surface area contributed by atoms with Gasteiger partial charge in [0.25, 0.3) is 0 Å².